The Morgan fingerprint density at radius 1 is 1.32 bits per heavy atom. The number of anilines is 1. The number of hydrogen-bond acceptors (Lipinski definition) is 5. The van der Waals surface area contributed by atoms with Gasteiger partial charge >= 0.3 is 0 Å². The van der Waals surface area contributed by atoms with Crippen LogP contribution in [-0.2, 0) is 9.53 Å². The van der Waals surface area contributed by atoms with Crippen LogP contribution in [0.25, 0.3) is 11.1 Å². The average molecular weight is 386 g/mol. The maximum atomic E-state index is 13.4. The maximum Gasteiger partial charge on any atom is 0.225 e. The molecule has 1 aromatic heterocycles. The molecule has 6 nitrogen and oxygen atoms in total. The molecule has 0 spiro atoms. The van der Waals surface area contributed by atoms with Crippen molar-refractivity contribution >= 4 is 11.9 Å². The highest BCUT2D eigenvalue weighted by Gasteiger charge is 2.28. The van der Waals surface area contributed by atoms with E-state index < -0.39 is 0 Å². The molecule has 2 aromatic rings. The molecule has 1 unspecified atom stereocenters. The number of likely N-dealkylation sites (tertiary alicyclic amines) is 1. The fourth-order valence-electron chi connectivity index (χ4n) is 3.54. The average Bonchev–Trinajstić information content (AvgIpc) is 2.72. The SMILES string of the molecule is COCCC(=O)N1CCCC(c2nc(N(C)C)ncc2-c2ccc(F)cc2)C1. The van der Waals surface area contributed by atoms with E-state index in [1.165, 1.54) is 12.1 Å². The summed E-state index contributed by atoms with van der Waals surface area (Å²) >= 11 is 0. The number of nitrogens with zero attached hydrogens (tertiary/aromatic N) is 4. The Morgan fingerprint density at radius 3 is 2.75 bits per heavy atom. The Labute approximate surface area is 165 Å². The van der Waals surface area contributed by atoms with Gasteiger partial charge in [-0.2, -0.15) is 0 Å². The van der Waals surface area contributed by atoms with Gasteiger partial charge in [0.2, 0.25) is 11.9 Å². The van der Waals surface area contributed by atoms with Crippen molar-refractivity contribution in [2.75, 3.05) is 45.8 Å². The predicted octanol–water partition coefficient (Wildman–Crippen LogP) is 3.09. The van der Waals surface area contributed by atoms with Crippen molar-refractivity contribution in [2.24, 2.45) is 0 Å². The van der Waals surface area contributed by atoms with Gasteiger partial charge in [0.1, 0.15) is 5.82 Å². The van der Waals surface area contributed by atoms with E-state index in [9.17, 15) is 9.18 Å². The second-order valence-corrected chi connectivity index (χ2v) is 7.29. The lowest BCUT2D eigenvalue weighted by Gasteiger charge is -2.33. The van der Waals surface area contributed by atoms with Crippen LogP contribution in [0.5, 0.6) is 0 Å². The fraction of sp³-hybridized carbons (Fsp3) is 0.476. The first-order valence-corrected chi connectivity index (χ1v) is 9.56. The number of methoxy groups -OCH3 is 1. The minimum Gasteiger partial charge on any atom is -0.384 e. The van der Waals surface area contributed by atoms with E-state index >= 15 is 0 Å². The number of carbonyl (C=O) groups excluding carboxylic acids is 1. The molecule has 1 atom stereocenters. The first-order chi connectivity index (χ1) is 13.5. The second-order valence-electron chi connectivity index (χ2n) is 7.29. The van der Waals surface area contributed by atoms with Crippen LogP contribution >= 0.6 is 0 Å². The molecule has 7 heteroatoms. The Hall–Kier alpha value is -2.54. The van der Waals surface area contributed by atoms with Crippen LogP contribution in [0.4, 0.5) is 10.3 Å². The van der Waals surface area contributed by atoms with Crippen LogP contribution in [0.1, 0.15) is 30.9 Å². The second kappa shape index (κ2) is 9.10. The standard InChI is InChI=1S/C21H27FN4O2/c1-25(2)21-23-13-18(15-6-8-17(22)9-7-15)20(24-21)16-5-4-11-26(14-16)19(27)10-12-28-3/h6-9,13,16H,4-5,10-12,14H2,1-3H3. The highest BCUT2D eigenvalue weighted by Crippen LogP contribution is 2.34. The number of piperidine rings is 1. The topological polar surface area (TPSA) is 58.6 Å². The van der Waals surface area contributed by atoms with Crippen molar-refractivity contribution in [3.8, 4) is 11.1 Å². The van der Waals surface area contributed by atoms with Crippen LogP contribution in [-0.4, -0.2) is 61.7 Å². The number of halogens is 1. The zero-order valence-electron chi connectivity index (χ0n) is 16.7. The summed E-state index contributed by atoms with van der Waals surface area (Å²) in [5.41, 5.74) is 2.68. The number of benzene rings is 1. The number of aromatic nitrogens is 2. The monoisotopic (exact) mass is 386 g/mol. The van der Waals surface area contributed by atoms with Gasteiger partial charge in [-0.1, -0.05) is 12.1 Å². The summed E-state index contributed by atoms with van der Waals surface area (Å²) in [6, 6.07) is 6.38. The van der Waals surface area contributed by atoms with Crippen LogP contribution in [0.2, 0.25) is 0 Å². The molecule has 0 saturated carbocycles. The molecule has 150 valence electrons. The molecule has 0 radical (unpaired) electrons. The van der Waals surface area contributed by atoms with E-state index in [2.05, 4.69) is 4.98 Å². The lowest BCUT2D eigenvalue weighted by Crippen LogP contribution is -2.39. The van der Waals surface area contributed by atoms with E-state index in [0.717, 1.165) is 36.2 Å². The molecule has 0 aliphatic carbocycles. The summed E-state index contributed by atoms with van der Waals surface area (Å²) in [7, 11) is 5.40. The number of amides is 1. The molecule has 0 bridgehead atoms. The molecule has 1 aliphatic rings. The van der Waals surface area contributed by atoms with Gasteiger partial charge in [-0.15, -0.1) is 0 Å². The van der Waals surface area contributed by atoms with Crippen LogP contribution in [0.15, 0.2) is 30.5 Å². The van der Waals surface area contributed by atoms with Gasteiger partial charge < -0.3 is 14.5 Å². The van der Waals surface area contributed by atoms with E-state index in [1.807, 2.05) is 23.9 Å². The Balaban J connectivity index is 1.92. The maximum absolute atomic E-state index is 13.4. The molecule has 0 N–H and O–H groups in total. The van der Waals surface area contributed by atoms with Gasteiger partial charge in [0.15, 0.2) is 0 Å². The molecular formula is C21H27FN4O2. The molecule has 1 aliphatic heterocycles. The third-order valence-corrected chi connectivity index (χ3v) is 5.04. The van der Waals surface area contributed by atoms with Crippen molar-refractivity contribution < 1.29 is 13.9 Å². The lowest BCUT2D eigenvalue weighted by molar-refractivity contribution is -0.133. The minimum absolute atomic E-state index is 0.108. The Morgan fingerprint density at radius 2 is 2.07 bits per heavy atom. The van der Waals surface area contributed by atoms with Gasteiger partial charge in [-0.05, 0) is 30.5 Å². The molecule has 1 fully saturated rings. The lowest BCUT2D eigenvalue weighted by atomic mass is 9.89. The van der Waals surface area contributed by atoms with Gasteiger partial charge in [0, 0.05) is 52.0 Å². The molecule has 28 heavy (non-hydrogen) atoms. The summed E-state index contributed by atoms with van der Waals surface area (Å²) in [5.74, 6) is 0.575. The summed E-state index contributed by atoms with van der Waals surface area (Å²) in [6.45, 7) is 1.82. The molecular weight excluding hydrogens is 359 g/mol. The van der Waals surface area contributed by atoms with Gasteiger partial charge in [-0.25, -0.2) is 14.4 Å². The van der Waals surface area contributed by atoms with Crippen LogP contribution in [0.3, 0.4) is 0 Å². The summed E-state index contributed by atoms with van der Waals surface area (Å²) in [5, 5.41) is 0. The molecule has 1 amide bonds. The molecule has 1 aromatic carbocycles. The van der Waals surface area contributed by atoms with Crippen molar-refractivity contribution in [2.45, 2.75) is 25.2 Å². The Kier molecular flexibility index (Phi) is 6.57. The van der Waals surface area contributed by atoms with Crippen molar-refractivity contribution in [1.29, 1.82) is 0 Å². The third kappa shape index (κ3) is 4.65. The zero-order valence-corrected chi connectivity index (χ0v) is 16.7. The van der Waals surface area contributed by atoms with Crippen LogP contribution < -0.4 is 4.90 Å². The fourth-order valence-corrected chi connectivity index (χ4v) is 3.54. The van der Waals surface area contributed by atoms with Crippen molar-refractivity contribution in [1.82, 2.24) is 14.9 Å². The van der Waals surface area contributed by atoms with Crippen LogP contribution in [0, 0.1) is 5.82 Å². The van der Waals surface area contributed by atoms with Crippen molar-refractivity contribution in [3.63, 3.8) is 0 Å². The highest BCUT2D eigenvalue weighted by molar-refractivity contribution is 5.76. The van der Waals surface area contributed by atoms with E-state index in [0.29, 0.717) is 25.5 Å². The first kappa shape index (κ1) is 20.2. The van der Waals surface area contributed by atoms with E-state index in [1.54, 1.807) is 25.4 Å². The smallest absolute Gasteiger partial charge is 0.225 e. The minimum atomic E-state index is -0.274. The third-order valence-electron chi connectivity index (χ3n) is 5.04. The molecule has 1 saturated heterocycles. The summed E-state index contributed by atoms with van der Waals surface area (Å²) < 4.78 is 18.4. The van der Waals surface area contributed by atoms with Gasteiger partial charge in [0.05, 0.1) is 18.7 Å². The largest absolute Gasteiger partial charge is 0.384 e. The Bertz CT molecular complexity index is 811. The van der Waals surface area contributed by atoms with E-state index in [4.69, 9.17) is 9.72 Å². The summed E-state index contributed by atoms with van der Waals surface area (Å²) in [4.78, 5) is 25.5. The number of hydrogen-bond donors (Lipinski definition) is 0. The summed E-state index contributed by atoms with van der Waals surface area (Å²) in [6.07, 6.45) is 4.07. The van der Waals surface area contributed by atoms with Crippen molar-refractivity contribution in [3.05, 3.63) is 42.0 Å². The quantitative estimate of drug-likeness (QED) is 0.764. The van der Waals surface area contributed by atoms with Gasteiger partial charge in [-0.3, -0.25) is 4.79 Å². The molecule has 2 heterocycles. The highest BCUT2D eigenvalue weighted by atomic mass is 19.1. The number of ether oxygens (including phenoxy) is 1. The van der Waals surface area contributed by atoms with E-state index in [-0.39, 0.29) is 17.6 Å². The molecule has 3 rings (SSSR count). The predicted molar refractivity (Wildman–Crippen MR) is 107 cm³/mol. The first-order valence-electron chi connectivity index (χ1n) is 9.56. The normalized spacial score (nSPS) is 16.9. The number of rotatable bonds is 6. The number of carbonyl (C=O) groups is 1. The van der Waals surface area contributed by atoms with Gasteiger partial charge in [0.25, 0.3) is 0 Å². The zero-order chi connectivity index (χ0) is 20.1.